The van der Waals surface area contributed by atoms with Crippen molar-refractivity contribution in [2.45, 2.75) is 12.1 Å². The number of aryl methyl sites for hydroxylation is 1. The standard InChI is InChI=1S/C23H18Cl2N2O2S/c1-15-10-11-16(14-19(15)25)27-22(28)17-6-2-4-8-20(17)26-23(27)30-13-12-29-21-9-5-3-7-18(21)24/h2-11,14H,12-13H2,1H3. The molecule has 0 fully saturated rings. The van der Waals surface area contributed by atoms with E-state index in [1.807, 2.05) is 55.5 Å². The maximum absolute atomic E-state index is 13.3. The molecule has 0 N–H and O–H groups in total. The van der Waals surface area contributed by atoms with E-state index < -0.39 is 0 Å². The van der Waals surface area contributed by atoms with E-state index in [0.717, 1.165) is 5.56 Å². The SMILES string of the molecule is Cc1ccc(-n2c(SCCOc3ccccc3Cl)nc3ccccc3c2=O)cc1Cl. The van der Waals surface area contributed by atoms with Gasteiger partial charge in [0, 0.05) is 10.8 Å². The highest BCUT2D eigenvalue weighted by Gasteiger charge is 2.14. The summed E-state index contributed by atoms with van der Waals surface area (Å²) < 4.78 is 7.37. The molecular formula is C23H18Cl2N2O2S. The van der Waals surface area contributed by atoms with Crippen LogP contribution in [0.4, 0.5) is 0 Å². The second kappa shape index (κ2) is 9.13. The normalized spacial score (nSPS) is 11.0. The summed E-state index contributed by atoms with van der Waals surface area (Å²) in [6.45, 7) is 2.35. The molecule has 7 heteroatoms. The van der Waals surface area contributed by atoms with Crippen LogP contribution in [0.3, 0.4) is 0 Å². The van der Waals surface area contributed by atoms with Gasteiger partial charge in [0.2, 0.25) is 0 Å². The van der Waals surface area contributed by atoms with Crippen molar-refractivity contribution in [3.63, 3.8) is 0 Å². The fraction of sp³-hybridized carbons (Fsp3) is 0.130. The van der Waals surface area contributed by atoms with Gasteiger partial charge in [-0.15, -0.1) is 0 Å². The minimum Gasteiger partial charge on any atom is -0.491 e. The number of halogens is 2. The first-order valence-corrected chi connectivity index (χ1v) is 11.1. The lowest BCUT2D eigenvalue weighted by atomic mass is 10.2. The first-order valence-electron chi connectivity index (χ1n) is 9.33. The summed E-state index contributed by atoms with van der Waals surface area (Å²) in [5.74, 6) is 1.23. The van der Waals surface area contributed by atoms with E-state index in [1.54, 1.807) is 22.8 Å². The van der Waals surface area contributed by atoms with Gasteiger partial charge in [-0.25, -0.2) is 4.98 Å². The van der Waals surface area contributed by atoms with Crippen molar-refractivity contribution in [2.75, 3.05) is 12.4 Å². The molecule has 4 rings (SSSR count). The first kappa shape index (κ1) is 20.8. The highest BCUT2D eigenvalue weighted by atomic mass is 35.5. The Hall–Kier alpha value is -2.47. The van der Waals surface area contributed by atoms with Crippen LogP contribution >= 0.6 is 35.0 Å². The molecule has 4 nitrogen and oxygen atoms in total. The van der Waals surface area contributed by atoms with Crippen molar-refractivity contribution < 1.29 is 4.74 Å². The van der Waals surface area contributed by atoms with Gasteiger partial charge in [0.05, 0.1) is 28.2 Å². The molecule has 0 unspecified atom stereocenters. The van der Waals surface area contributed by atoms with Gasteiger partial charge in [-0.2, -0.15) is 0 Å². The van der Waals surface area contributed by atoms with Crippen molar-refractivity contribution in [3.05, 3.63) is 92.7 Å². The zero-order valence-corrected chi connectivity index (χ0v) is 18.5. The van der Waals surface area contributed by atoms with Crippen molar-refractivity contribution in [1.29, 1.82) is 0 Å². The van der Waals surface area contributed by atoms with Gasteiger partial charge >= 0.3 is 0 Å². The molecule has 152 valence electrons. The number of fused-ring (bicyclic) bond motifs is 1. The summed E-state index contributed by atoms with van der Waals surface area (Å²) in [5.41, 5.74) is 2.16. The minimum absolute atomic E-state index is 0.130. The van der Waals surface area contributed by atoms with E-state index in [1.165, 1.54) is 11.8 Å². The van der Waals surface area contributed by atoms with E-state index in [-0.39, 0.29) is 5.56 Å². The maximum Gasteiger partial charge on any atom is 0.266 e. The number of para-hydroxylation sites is 2. The summed E-state index contributed by atoms with van der Waals surface area (Å²) in [7, 11) is 0. The fourth-order valence-corrected chi connectivity index (χ4v) is 4.20. The molecule has 0 bridgehead atoms. The number of benzene rings is 3. The van der Waals surface area contributed by atoms with Gasteiger partial charge in [-0.1, -0.05) is 65.3 Å². The Morgan fingerprint density at radius 1 is 1.00 bits per heavy atom. The lowest BCUT2D eigenvalue weighted by Crippen LogP contribution is -2.22. The van der Waals surface area contributed by atoms with Crippen LogP contribution < -0.4 is 10.3 Å². The van der Waals surface area contributed by atoms with Crippen LogP contribution in [0.5, 0.6) is 5.75 Å². The smallest absolute Gasteiger partial charge is 0.266 e. The summed E-state index contributed by atoms with van der Waals surface area (Å²) in [6, 6.07) is 20.2. The maximum atomic E-state index is 13.3. The minimum atomic E-state index is -0.130. The van der Waals surface area contributed by atoms with Crippen LogP contribution in [0, 0.1) is 6.92 Å². The van der Waals surface area contributed by atoms with Crippen molar-refractivity contribution in [3.8, 4) is 11.4 Å². The molecule has 0 amide bonds. The number of rotatable bonds is 6. The molecule has 0 radical (unpaired) electrons. The van der Waals surface area contributed by atoms with E-state index in [9.17, 15) is 4.79 Å². The monoisotopic (exact) mass is 456 g/mol. The number of thioether (sulfide) groups is 1. The number of aromatic nitrogens is 2. The average molecular weight is 457 g/mol. The van der Waals surface area contributed by atoms with Crippen LogP contribution in [-0.4, -0.2) is 21.9 Å². The Kier molecular flexibility index (Phi) is 6.32. The van der Waals surface area contributed by atoms with Gasteiger partial charge < -0.3 is 4.74 Å². The Balaban J connectivity index is 1.66. The summed E-state index contributed by atoms with van der Waals surface area (Å²) in [6.07, 6.45) is 0. The largest absolute Gasteiger partial charge is 0.491 e. The molecule has 3 aromatic carbocycles. The molecule has 0 saturated carbocycles. The zero-order chi connectivity index (χ0) is 21.1. The van der Waals surface area contributed by atoms with Crippen LogP contribution in [0.2, 0.25) is 10.0 Å². The molecule has 0 aliphatic heterocycles. The van der Waals surface area contributed by atoms with E-state index in [0.29, 0.717) is 49.9 Å². The van der Waals surface area contributed by atoms with Gasteiger partial charge in [0.25, 0.3) is 5.56 Å². The van der Waals surface area contributed by atoms with Crippen molar-refractivity contribution in [1.82, 2.24) is 9.55 Å². The van der Waals surface area contributed by atoms with Crippen LogP contribution in [0.15, 0.2) is 76.7 Å². The fourth-order valence-electron chi connectivity index (χ4n) is 3.00. The molecule has 0 aliphatic carbocycles. The summed E-state index contributed by atoms with van der Waals surface area (Å²) >= 11 is 13.9. The highest BCUT2D eigenvalue weighted by Crippen LogP contribution is 2.26. The van der Waals surface area contributed by atoms with Gasteiger partial charge in [0.15, 0.2) is 5.16 Å². The van der Waals surface area contributed by atoms with Crippen molar-refractivity contribution in [2.24, 2.45) is 0 Å². The third-order valence-corrected chi connectivity index (χ3v) is 6.19. The van der Waals surface area contributed by atoms with Gasteiger partial charge in [0.1, 0.15) is 5.75 Å². The Labute approximate surface area is 188 Å². The van der Waals surface area contributed by atoms with Crippen molar-refractivity contribution >= 4 is 45.9 Å². The second-order valence-corrected chi connectivity index (χ2v) is 8.49. The molecule has 1 heterocycles. The molecule has 0 saturated heterocycles. The Morgan fingerprint density at radius 3 is 2.57 bits per heavy atom. The number of hydrogen-bond donors (Lipinski definition) is 0. The predicted molar refractivity (Wildman–Crippen MR) is 125 cm³/mol. The average Bonchev–Trinajstić information content (AvgIpc) is 2.75. The lowest BCUT2D eigenvalue weighted by molar-refractivity contribution is 0.344. The molecular weight excluding hydrogens is 439 g/mol. The molecule has 1 aromatic heterocycles. The summed E-state index contributed by atoms with van der Waals surface area (Å²) in [5, 5.41) is 2.32. The Morgan fingerprint density at radius 2 is 1.77 bits per heavy atom. The van der Waals surface area contributed by atoms with Gasteiger partial charge in [-0.3, -0.25) is 9.36 Å². The van der Waals surface area contributed by atoms with Crippen LogP contribution in [0.1, 0.15) is 5.56 Å². The third kappa shape index (κ3) is 4.33. The molecule has 4 aromatic rings. The number of nitrogens with zero attached hydrogens (tertiary/aromatic N) is 2. The molecule has 0 atom stereocenters. The second-order valence-electron chi connectivity index (χ2n) is 6.61. The third-order valence-electron chi connectivity index (χ3n) is 4.57. The first-order chi connectivity index (χ1) is 14.5. The lowest BCUT2D eigenvalue weighted by Gasteiger charge is -2.14. The molecule has 0 aliphatic rings. The number of ether oxygens (including phenoxy) is 1. The quantitative estimate of drug-likeness (QED) is 0.197. The molecule has 30 heavy (non-hydrogen) atoms. The van der Waals surface area contributed by atoms with Crippen LogP contribution in [-0.2, 0) is 0 Å². The Bertz CT molecular complexity index is 1270. The topological polar surface area (TPSA) is 44.1 Å². The highest BCUT2D eigenvalue weighted by molar-refractivity contribution is 7.99. The van der Waals surface area contributed by atoms with E-state index in [2.05, 4.69) is 0 Å². The van der Waals surface area contributed by atoms with Crippen LogP contribution in [0.25, 0.3) is 16.6 Å². The number of hydrogen-bond acceptors (Lipinski definition) is 4. The predicted octanol–water partition coefficient (Wildman–Crippen LogP) is 6.17. The van der Waals surface area contributed by atoms with E-state index >= 15 is 0 Å². The zero-order valence-electron chi connectivity index (χ0n) is 16.1. The van der Waals surface area contributed by atoms with E-state index in [4.69, 9.17) is 32.9 Å². The molecule has 0 spiro atoms. The van der Waals surface area contributed by atoms with Gasteiger partial charge in [-0.05, 0) is 48.9 Å². The summed E-state index contributed by atoms with van der Waals surface area (Å²) in [4.78, 5) is 18.0.